The molecule has 10 heteroatoms. The van der Waals surface area contributed by atoms with Crippen LogP contribution in [-0.2, 0) is 9.47 Å². The molecule has 0 bridgehead atoms. The van der Waals surface area contributed by atoms with Crippen molar-refractivity contribution in [2.24, 2.45) is 5.73 Å². The summed E-state index contributed by atoms with van der Waals surface area (Å²) >= 11 is 0. The molecule has 1 unspecified atom stereocenters. The lowest BCUT2D eigenvalue weighted by atomic mass is 10.1. The number of anilines is 3. The highest BCUT2D eigenvalue weighted by Crippen LogP contribution is 2.42. The van der Waals surface area contributed by atoms with Crippen molar-refractivity contribution >= 4 is 28.1 Å². The molecule has 4 aromatic rings. The largest absolute Gasteiger partial charge is 0.491 e. The highest BCUT2D eigenvalue weighted by atomic mass is 16.5. The Balaban J connectivity index is 1.07. The Morgan fingerprint density at radius 2 is 1.62 bits per heavy atom. The molecule has 0 saturated carbocycles. The second kappa shape index (κ2) is 13.0. The highest BCUT2D eigenvalue weighted by Gasteiger charge is 2.28. The molecule has 3 heterocycles. The van der Waals surface area contributed by atoms with Crippen LogP contribution in [0, 0.1) is 0 Å². The predicted octanol–water partition coefficient (Wildman–Crippen LogP) is 3.91. The average molecular weight is 572 g/mol. The molecule has 10 nitrogen and oxygen atoms in total. The van der Waals surface area contributed by atoms with E-state index in [0.29, 0.717) is 39.6 Å². The Morgan fingerprint density at radius 3 is 2.40 bits per heavy atom. The Morgan fingerprint density at radius 1 is 0.857 bits per heavy atom. The van der Waals surface area contributed by atoms with E-state index in [1.807, 2.05) is 24.3 Å². The lowest BCUT2D eigenvalue weighted by Crippen LogP contribution is -2.44. The SMILES string of the molecule is CN1CCN(c2ccc3c(c2)N(C)C(c2ccc4nc(-c5ccc(OCCOCCOCCN)cc5)[nH]c4c2)N3)CC1. The normalized spacial score (nSPS) is 17.1. The monoisotopic (exact) mass is 571 g/mol. The number of aromatic amines is 1. The van der Waals surface area contributed by atoms with Crippen LogP contribution in [-0.4, -0.2) is 94.7 Å². The Kier molecular flexibility index (Phi) is 8.76. The van der Waals surface area contributed by atoms with Crippen LogP contribution in [0.2, 0.25) is 0 Å². The molecule has 1 aromatic heterocycles. The fourth-order valence-corrected chi connectivity index (χ4v) is 5.55. The number of hydrogen-bond donors (Lipinski definition) is 3. The first-order valence-corrected chi connectivity index (χ1v) is 14.7. The van der Waals surface area contributed by atoms with E-state index in [2.05, 4.69) is 75.5 Å². The summed E-state index contributed by atoms with van der Waals surface area (Å²) in [7, 11) is 4.35. The number of rotatable bonds is 12. The molecule has 1 atom stereocenters. The van der Waals surface area contributed by atoms with E-state index in [-0.39, 0.29) is 6.17 Å². The third-order valence-electron chi connectivity index (χ3n) is 7.99. The summed E-state index contributed by atoms with van der Waals surface area (Å²) < 4.78 is 16.6. The van der Waals surface area contributed by atoms with E-state index >= 15 is 0 Å². The van der Waals surface area contributed by atoms with Gasteiger partial charge in [0.25, 0.3) is 0 Å². The number of imidazole rings is 1. The standard InChI is InChI=1S/C32H41N7O3/c1-37-12-14-39(15-13-37)25-6-10-28-30(22-25)38(2)32(36-28)24-5-9-27-29(21-24)35-31(34-27)23-3-7-26(8-4-23)42-20-19-41-18-17-40-16-11-33/h3-10,21-22,32,36H,11-20,33H2,1-2H3,(H,34,35). The van der Waals surface area contributed by atoms with E-state index in [1.54, 1.807) is 0 Å². The third-order valence-corrected chi connectivity index (χ3v) is 7.99. The van der Waals surface area contributed by atoms with Crippen LogP contribution in [0.5, 0.6) is 5.75 Å². The van der Waals surface area contributed by atoms with Crippen LogP contribution in [0.1, 0.15) is 11.7 Å². The van der Waals surface area contributed by atoms with Crippen LogP contribution in [0.3, 0.4) is 0 Å². The number of piperazine rings is 1. The van der Waals surface area contributed by atoms with Crippen molar-refractivity contribution in [1.82, 2.24) is 14.9 Å². The molecule has 2 aliphatic rings. The molecule has 0 radical (unpaired) electrons. The molecule has 1 saturated heterocycles. The minimum Gasteiger partial charge on any atom is -0.491 e. The molecule has 6 rings (SSSR count). The smallest absolute Gasteiger partial charge is 0.138 e. The van der Waals surface area contributed by atoms with Gasteiger partial charge in [0, 0.05) is 51.0 Å². The first kappa shape index (κ1) is 28.3. The summed E-state index contributed by atoms with van der Waals surface area (Å²) in [6.07, 6.45) is 0.0535. The van der Waals surface area contributed by atoms with Gasteiger partial charge in [-0.1, -0.05) is 6.07 Å². The van der Waals surface area contributed by atoms with Crippen molar-refractivity contribution in [3.63, 3.8) is 0 Å². The van der Waals surface area contributed by atoms with E-state index in [9.17, 15) is 0 Å². The number of ether oxygens (including phenoxy) is 3. The van der Waals surface area contributed by atoms with Crippen LogP contribution in [0.4, 0.5) is 17.1 Å². The first-order valence-electron chi connectivity index (χ1n) is 14.7. The molecular formula is C32H41N7O3. The van der Waals surface area contributed by atoms with E-state index in [1.165, 1.54) is 16.9 Å². The number of nitrogens with one attached hydrogen (secondary N) is 2. The van der Waals surface area contributed by atoms with Gasteiger partial charge in [0.1, 0.15) is 24.3 Å². The summed E-state index contributed by atoms with van der Waals surface area (Å²) in [5.41, 5.74) is 13.2. The molecule has 0 aliphatic carbocycles. The summed E-state index contributed by atoms with van der Waals surface area (Å²) in [5, 5.41) is 3.71. The third kappa shape index (κ3) is 6.32. The van der Waals surface area contributed by atoms with Gasteiger partial charge in [-0.05, 0) is 67.2 Å². The number of nitrogens with two attached hydrogens (primary N) is 1. The molecule has 0 spiro atoms. The van der Waals surface area contributed by atoms with Gasteiger partial charge in [0.05, 0.1) is 48.8 Å². The molecule has 222 valence electrons. The van der Waals surface area contributed by atoms with E-state index < -0.39 is 0 Å². The van der Waals surface area contributed by atoms with Crippen LogP contribution >= 0.6 is 0 Å². The number of H-pyrrole nitrogens is 1. The van der Waals surface area contributed by atoms with Gasteiger partial charge in [-0.2, -0.15) is 0 Å². The maximum absolute atomic E-state index is 5.81. The number of likely N-dealkylation sites (N-methyl/N-ethyl adjacent to an activating group) is 1. The van der Waals surface area contributed by atoms with Crippen LogP contribution in [0.15, 0.2) is 60.7 Å². The topological polar surface area (TPSA) is 104 Å². The fourth-order valence-electron chi connectivity index (χ4n) is 5.55. The molecule has 42 heavy (non-hydrogen) atoms. The predicted molar refractivity (Wildman–Crippen MR) is 169 cm³/mol. The van der Waals surface area contributed by atoms with Gasteiger partial charge in [-0.15, -0.1) is 0 Å². The number of hydrogen-bond acceptors (Lipinski definition) is 9. The second-order valence-electron chi connectivity index (χ2n) is 10.9. The van der Waals surface area contributed by atoms with Crippen LogP contribution in [0.25, 0.3) is 22.4 Å². The number of fused-ring (bicyclic) bond motifs is 2. The van der Waals surface area contributed by atoms with Gasteiger partial charge < -0.3 is 44.9 Å². The second-order valence-corrected chi connectivity index (χ2v) is 10.9. The Labute approximate surface area is 247 Å². The van der Waals surface area contributed by atoms with Crippen molar-refractivity contribution in [1.29, 1.82) is 0 Å². The molecule has 0 amide bonds. The van der Waals surface area contributed by atoms with Crippen LogP contribution < -0.4 is 25.6 Å². The van der Waals surface area contributed by atoms with E-state index in [0.717, 1.165) is 60.0 Å². The zero-order chi connectivity index (χ0) is 28.9. The van der Waals surface area contributed by atoms with Gasteiger partial charge in [-0.25, -0.2) is 4.98 Å². The lowest BCUT2D eigenvalue weighted by molar-refractivity contribution is 0.0388. The molecule has 4 N–H and O–H groups in total. The summed E-state index contributed by atoms with van der Waals surface area (Å²) in [5.74, 6) is 1.63. The van der Waals surface area contributed by atoms with Crippen molar-refractivity contribution in [2.75, 3.05) is 95.0 Å². The van der Waals surface area contributed by atoms with E-state index in [4.69, 9.17) is 24.9 Å². The summed E-state index contributed by atoms with van der Waals surface area (Å²) in [4.78, 5) is 15.6. The Bertz CT molecular complexity index is 1470. The quantitative estimate of drug-likeness (QED) is 0.218. The molecule has 3 aromatic carbocycles. The summed E-state index contributed by atoms with van der Waals surface area (Å²) in [6, 6.07) is 21.2. The first-order chi connectivity index (χ1) is 20.6. The van der Waals surface area contributed by atoms with Gasteiger partial charge in [-0.3, -0.25) is 0 Å². The highest BCUT2D eigenvalue weighted by molar-refractivity contribution is 5.83. The minimum absolute atomic E-state index is 0.0535. The number of aromatic nitrogens is 2. The maximum atomic E-state index is 5.81. The molecule has 2 aliphatic heterocycles. The zero-order valence-electron chi connectivity index (χ0n) is 24.5. The average Bonchev–Trinajstić information content (AvgIpc) is 3.59. The van der Waals surface area contributed by atoms with Crippen molar-refractivity contribution in [3.05, 3.63) is 66.2 Å². The number of nitrogens with zero attached hydrogens (tertiary/aromatic N) is 4. The fraction of sp³-hybridized carbons (Fsp3) is 0.406. The Hall–Kier alpha value is -3.83. The maximum Gasteiger partial charge on any atom is 0.138 e. The van der Waals surface area contributed by atoms with Crippen molar-refractivity contribution in [2.45, 2.75) is 6.17 Å². The van der Waals surface area contributed by atoms with Crippen molar-refractivity contribution < 1.29 is 14.2 Å². The zero-order valence-corrected chi connectivity index (χ0v) is 24.5. The lowest BCUT2D eigenvalue weighted by Gasteiger charge is -2.34. The molecular weight excluding hydrogens is 530 g/mol. The summed E-state index contributed by atoms with van der Waals surface area (Å²) in [6.45, 7) is 7.47. The molecule has 1 fully saturated rings. The van der Waals surface area contributed by atoms with Gasteiger partial charge in [0.2, 0.25) is 0 Å². The van der Waals surface area contributed by atoms with Gasteiger partial charge in [0.15, 0.2) is 0 Å². The number of benzene rings is 3. The van der Waals surface area contributed by atoms with Crippen molar-refractivity contribution in [3.8, 4) is 17.1 Å². The minimum atomic E-state index is 0.0535. The van der Waals surface area contributed by atoms with Gasteiger partial charge >= 0.3 is 0 Å².